The molecule has 0 aliphatic heterocycles. The summed E-state index contributed by atoms with van der Waals surface area (Å²) < 4.78 is 5.27. The van der Waals surface area contributed by atoms with E-state index in [-0.39, 0.29) is 28.0 Å². The van der Waals surface area contributed by atoms with E-state index in [4.69, 9.17) is 10.2 Å². The first-order chi connectivity index (χ1) is 8.06. The second-order valence-corrected chi connectivity index (χ2v) is 3.61. The summed E-state index contributed by atoms with van der Waals surface area (Å²) >= 11 is 0. The van der Waals surface area contributed by atoms with Crippen molar-refractivity contribution in [3.8, 4) is 5.75 Å². The number of fused-ring (bicyclic) bond motifs is 1. The molecule has 3 N–H and O–H groups in total. The summed E-state index contributed by atoms with van der Waals surface area (Å²) in [5, 5.41) is 9.70. The summed E-state index contributed by atoms with van der Waals surface area (Å²) in [5.74, 6) is -1.10. The Hall–Kier alpha value is -2.30. The molecule has 2 aromatic rings. The van der Waals surface area contributed by atoms with E-state index in [0.717, 1.165) is 0 Å². The van der Waals surface area contributed by atoms with Gasteiger partial charge in [-0.2, -0.15) is 0 Å². The lowest BCUT2D eigenvalue weighted by Gasteiger charge is -2.06. The molecule has 1 amide bonds. The molecule has 0 atom stereocenters. The van der Waals surface area contributed by atoms with E-state index in [0.29, 0.717) is 6.42 Å². The molecule has 2 rings (SSSR count). The molecule has 5 heteroatoms. The number of phenolic OH excluding ortho intramolecular Hbond substituents is 1. The van der Waals surface area contributed by atoms with Gasteiger partial charge in [-0.05, 0) is 18.6 Å². The lowest BCUT2D eigenvalue weighted by molar-refractivity contribution is 0.0973. The van der Waals surface area contributed by atoms with Crippen molar-refractivity contribution in [2.75, 3.05) is 0 Å². The van der Waals surface area contributed by atoms with Gasteiger partial charge in [-0.3, -0.25) is 9.59 Å². The number of carbonyl (C=O) groups is 1. The maximum Gasteiger partial charge on any atom is 0.284 e. The zero-order valence-corrected chi connectivity index (χ0v) is 9.19. The average molecular weight is 233 g/mol. The number of nitrogens with two attached hydrogens (primary N) is 1. The van der Waals surface area contributed by atoms with Crippen molar-refractivity contribution in [2.24, 2.45) is 5.73 Å². The number of benzene rings is 1. The van der Waals surface area contributed by atoms with Crippen LogP contribution in [0.15, 0.2) is 27.4 Å². The molecule has 0 aliphatic rings. The summed E-state index contributed by atoms with van der Waals surface area (Å²) in [7, 11) is 0. The van der Waals surface area contributed by atoms with Crippen LogP contribution in [0.4, 0.5) is 0 Å². The lowest BCUT2D eigenvalue weighted by Crippen LogP contribution is -2.20. The average Bonchev–Trinajstić information content (AvgIpc) is 2.28. The van der Waals surface area contributed by atoms with E-state index in [9.17, 15) is 14.7 Å². The Morgan fingerprint density at radius 3 is 2.76 bits per heavy atom. The molecule has 17 heavy (non-hydrogen) atoms. The maximum absolute atomic E-state index is 12.1. The number of phenols is 1. The zero-order valence-electron chi connectivity index (χ0n) is 9.19. The molecule has 0 spiro atoms. The number of rotatable bonds is 2. The number of amides is 1. The molecular weight excluding hydrogens is 222 g/mol. The molecular formula is C12H11NO4. The highest BCUT2D eigenvalue weighted by Gasteiger charge is 2.18. The fraction of sp³-hybridized carbons (Fsp3) is 0.167. The summed E-state index contributed by atoms with van der Waals surface area (Å²) in [6.07, 6.45) is 0.310. The molecule has 0 saturated carbocycles. The van der Waals surface area contributed by atoms with Gasteiger partial charge in [0.25, 0.3) is 5.91 Å². The van der Waals surface area contributed by atoms with E-state index in [1.54, 1.807) is 6.92 Å². The highest BCUT2D eigenvalue weighted by atomic mass is 16.3. The van der Waals surface area contributed by atoms with Crippen molar-refractivity contribution >= 4 is 16.9 Å². The van der Waals surface area contributed by atoms with Crippen molar-refractivity contribution in [1.82, 2.24) is 0 Å². The maximum atomic E-state index is 12.1. The van der Waals surface area contributed by atoms with Crippen LogP contribution in [0.3, 0.4) is 0 Å². The summed E-state index contributed by atoms with van der Waals surface area (Å²) in [4.78, 5) is 23.3. The van der Waals surface area contributed by atoms with Crippen LogP contribution >= 0.6 is 0 Å². The van der Waals surface area contributed by atoms with Crippen molar-refractivity contribution < 1.29 is 14.3 Å². The summed E-state index contributed by atoms with van der Waals surface area (Å²) in [6.45, 7) is 1.71. The molecule has 5 nitrogen and oxygen atoms in total. The second kappa shape index (κ2) is 3.93. The van der Waals surface area contributed by atoms with Crippen molar-refractivity contribution in [1.29, 1.82) is 0 Å². The Morgan fingerprint density at radius 2 is 2.18 bits per heavy atom. The predicted molar refractivity (Wildman–Crippen MR) is 62.0 cm³/mol. The van der Waals surface area contributed by atoms with Crippen LogP contribution in [0.25, 0.3) is 11.0 Å². The number of aromatic hydroxyl groups is 1. The van der Waals surface area contributed by atoms with Crippen LogP contribution in [0, 0.1) is 0 Å². The number of primary amides is 1. The molecule has 0 bridgehead atoms. The van der Waals surface area contributed by atoms with Gasteiger partial charge < -0.3 is 15.3 Å². The highest BCUT2D eigenvalue weighted by Crippen LogP contribution is 2.23. The molecule has 88 valence electrons. The van der Waals surface area contributed by atoms with Gasteiger partial charge in [0.15, 0.2) is 11.2 Å². The standard InChI is InChI=1S/C12H11NO4/c1-2-6-10(15)9-7(14)4-3-5-8(9)17-11(6)12(13)16/h3-5,14H,2H2,1H3,(H2,13,16). The zero-order chi connectivity index (χ0) is 12.6. The van der Waals surface area contributed by atoms with Gasteiger partial charge in [-0.1, -0.05) is 13.0 Å². The molecule has 1 aromatic heterocycles. The second-order valence-electron chi connectivity index (χ2n) is 3.61. The fourth-order valence-corrected chi connectivity index (χ4v) is 1.78. The molecule has 0 aliphatic carbocycles. The van der Waals surface area contributed by atoms with E-state index in [2.05, 4.69) is 0 Å². The molecule has 0 saturated heterocycles. The first-order valence-electron chi connectivity index (χ1n) is 5.13. The number of hydrogen-bond acceptors (Lipinski definition) is 4. The Kier molecular flexibility index (Phi) is 2.59. The van der Waals surface area contributed by atoms with Gasteiger partial charge in [0.05, 0.1) is 0 Å². The Balaban J connectivity index is 2.99. The molecule has 0 fully saturated rings. The van der Waals surface area contributed by atoms with Gasteiger partial charge in [0.1, 0.15) is 16.7 Å². The molecule has 0 radical (unpaired) electrons. The Labute approximate surface area is 96.5 Å². The van der Waals surface area contributed by atoms with Gasteiger partial charge in [-0.15, -0.1) is 0 Å². The van der Waals surface area contributed by atoms with Crippen LogP contribution in [-0.4, -0.2) is 11.0 Å². The molecule has 0 unspecified atom stereocenters. The van der Waals surface area contributed by atoms with E-state index < -0.39 is 11.3 Å². The van der Waals surface area contributed by atoms with Crippen molar-refractivity contribution in [3.05, 3.63) is 39.7 Å². The van der Waals surface area contributed by atoms with Crippen LogP contribution < -0.4 is 11.2 Å². The Morgan fingerprint density at radius 1 is 1.47 bits per heavy atom. The number of hydrogen-bond donors (Lipinski definition) is 2. The minimum absolute atomic E-state index is 0.0781. The first-order valence-corrected chi connectivity index (χ1v) is 5.13. The van der Waals surface area contributed by atoms with E-state index in [1.807, 2.05) is 0 Å². The molecule has 1 heterocycles. The van der Waals surface area contributed by atoms with E-state index >= 15 is 0 Å². The Bertz CT molecular complexity index is 657. The fourth-order valence-electron chi connectivity index (χ4n) is 1.78. The van der Waals surface area contributed by atoms with Gasteiger partial charge >= 0.3 is 0 Å². The van der Waals surface area contributed by atoms with Crippen molar-refractivity contribution in [3.63, 3.8) is 0 Å². The quantitative estimate of drug-likeness (QED) is 0.813. The van der Waals surface area contributed by atoms with Crippen LogP contribution in [0.1, 0.15) is 23.0 Å². The number of carbonyl (C=O) groups excluding carboxylic acids is 1. The smallest absolute Gasteiger partial charge is 0.284 e. The highest BCUT2D eigenvalue weighted by molar-refractivity contribution is 5.94. The summed E-state index contributed by atoms with van der Waals surface area (Å²) in [5.41, 5.74) is 5.08. The first kappa shape index (κ1) is 11.2. The third kappa shape index (κ3) is 1.65. The van der Waals surface area contributed by atoms with E-state index in [1.165, 1.54) is 18.2 Å². The monoisotopic (exact) mass is 233 g/mol. The lowest BCUT2D eigenvalue weighted by atomic mass is 10.1. The van der Waals surface area contributed by atoms with Gasteiger partial charge in [-0.25, -0.2) is 0 Å². The third-order valence-electron chi connectivity index (χ3n) is 2.57. The largest absolute Gasteiger partial charge is 0.507 e. The summed E-state index contributed by atoms with van der Waals surface area (Å²) in [6, 6.07) is 4.42. The van der Waals surface area contributed by atoms with Gasteiger partial charge in [0, 0.05) is 5.56 Å². The SMILES string of the molecule is CCc1c(C(N)=O)oc2cccc(O)c2c1=O. The predicted octanol–water partition coefficient (Wildman–Crippen LogP) is 1.16. The topological polar surface area (TPSA) is 93.5 Å². The van der Waals surface area contributed by atoms with Crippen LogP contribution in [-0.2, 0) is 6.42 Å². The van der Waals surface area contributed by atoms with Crippen molar-refractivity contribution in [2.45, 2.75) is 13.3 Å². The van der Waals surface area contributed by atoms with Crippen LogP contribution in [0.5, 0.6) is 5.75 Å². The minimum Gasteiger partial charge on any atom is -0.507 e. The molecule has 1 aromatic carbocycles. The third-order valence-corrected chi connectivity index (χ3v) is 2.57. The minimum atomic E-state index is -0.788. The normalized spacial score (nSPS) is 10.6. The van der Waals surface area contributed by atoms with Gasteiger partial charge in [0.2, 0.25) is 0 Å². The van der Waals surface area contributed by atoms with Crippen LogP contribution in [0.2, 0.25) is 0 Å².